The van der Waals surface area contributed by atoms with E-state index in [9.17, 15) is 4.79 Å². The van der Waals surface area contributed by atoms with Crippen LogP contribution in [0.15, 0.2) is 48.9 Å². The Kier molecular flexibility index (Phi) is 7.53. The van der Waals surface area contributed by atoms with E-state index in [-0.39, 0.29) is 18.2 Å². The quantitative estimate of drug-likeness (QED) is 0.484. The summed E-state index contributed by atoms with van der Waals surface area (Å²) >= 11 is 6.46. The van der Waals surface area contributed by atoms with Crippen molar-refractivity contribution in [2.75, 3.05) is 34.4 Å². The maximum atomic E-state index is 13.3. The van der Waals surface area contributed by atoms with Crippen LogP contribution in [0.4, 0.5) is 0 Å². The van der Waals surface area contributed by atoms with Gasteiger partial charge in [0.25, 0.3) is 0 Å². The molecule has 1 aliphatic rings. The highest BCUT2D eigenvalue weighted by molar-refractivity contribution is 6.33. The zero-order valence-corrected chi connectivity index (χ0v) is 20.3. The van der Waals surface area contributed by atoms with Gasteiger partial charge in [0.2, 0.25) is 11.7 Å². The molecule has 0 N–H and O–H groups in total. The van der Waals surface area contributed by atoms with Crippen LogP contribution < -0.4 is 14.2 Å². The van der Waals surface area contributed by atoms with Gasteiger partial charge in [0.15, 0.2) is 11.5 Å². The van der Waals surface area contributed by atoms with Crippen molar-refractivity contribution < 1.29 is 19.0 Å². The number of halogens is 1. The Labute approximate surface area is 204 Å². The largest absolute Gasteiger partial charge is 0.493 e. The third kappa shape index (κ3) is 4.94. The second-order valence-electron chi connectivity index (χ2n) is 8.19. The molecule has 178 valence electrons. The molecule has 7 nitrogen and oxygen atoms in total. The summed E-state index contributed by atoms with van der Waals surface area (Å²) in [6.07, 6.45) is 5.46. The zero-order chi connectivity index (χ0) is 24.1. The second-order valence-corrected chi connectivity index (χ2v) is 8.60. The van der Waals surface area contributed by atoms with Crippen molar-refractivity contribution in [3.05, 3.63) is 65.2 Å². The number of hydrogen-bond acceptors (Lipinski definition) is 6. The maximum Gasteiger partial charge on any atom is 0.227 e. The van der Waals surface area contributed by atoms with E-state index in [0.29, 0.717) is 35.4 Å². The predicted octanol–water partition coefficient (Wildman–Crippen LogP) is 4.77. The number of ether oxygens (including phenoxy) is 3. The number of hydrogen-bond donors (Lipinski definition) is 0. The number of aromatic nitrogens is 2. The first-order valence-corrected chi connectivity index (χ1v) is 11.5. The zero-order valence-electron chi connectivity index (χ0n) is 19.6. The van der Waals surface area contributed by atoms with E-state index in [1.165, 1.54) is 0 Å². The van der Waals surface area contributed by atoms with Gasteiger partial charge in [0, 0.05) is 41.4 Å². The fourth-order valence-corrected chi connectivity index (χ4v) is 4.74. The van der Waals surface area contributed by atoms with Crippen LogP contribution in [0.5, 0.6) is 17.2 Å². The number of carbonyl (C=O) groups excluding carboxylic acids is 1. The average Bonchev–Trinajstić information content (AvgIpc) is 2.88. The van der Waals surface area contributed by atoms with Crippen LogP contribution in [0.2, 0.25) is 5.02 Å². The highest BCUT2D eigenvalue weighted by atomic mass is 35.5. The summed E-state index contributed by atoms with van der Waals surface area (Å²) in [5.74, 6) is 1.73. The third-order valence-electron chi connectivity index (χ3n) is 6.15. The number of methoxy groups -OCH3 is 3. The molecule has 8 heteroatoms. The minimum atomic E-state index is 0.0484. The molecular weight excluding hydrogens is 454 g/mol. The number of amides is 1. The van der Waals surface area contributed by atoms with Crippen LogP contribution in [0, 0.1) is 0 Å². The van der Waals surface area contributed by atoms with E-state index >= 15 is 0 Å². The molecule has 2 heterocycles. The van der Waals surface area contributed by atoms with Crippen molar-refractivity contribution >= 4 is 17.5 Å². The van der Waals surface area contributed by atoms with E-state index < -0.39 is 0 Å². The monoisotopic (exact) mass is 481 g/mol. The van der Waals surface area contributed by atoms with E-state index in [1.807, 2.05) is 41.3 Å². The van der Waals surface area contributed by atoms with Gasteiger partial charge in [-0.25, -0.2) is 9.97 Å². The standard InChI is InChI=1S/C26H28ClN3O4/c1-32-22-11-17(12-23(33-2)26(22)34-3)13-24(31)30-10-6-7-18(15-30)25-20(14-28-16-29-25)19-8-4-5-9-21(19)27/h4-5,8-9,11-12,14,16,18H,6-7,10,13,15H2,1-3H3. The lowest BCUT2D eigenvalue weighted by Gasteiger charge is -2.33. The summed E-state index contributed by atoms with van der Waals surface area (Å²) in [5, 5.41) is 0.657. The highest BCUT2D eigenvalue weighted by Gasteiger charge is 2.28. The number of carbonyl (C=O) groups is 1. The summed E-state index contributed by atoms with van der Waals surface area (Å²) in [4.78, 5) is 24.0. The van der Waals surface area contributed by atoms with E-state index in [2.05, 4.69) is 9.97 Å². The fourth-order valence-electron chi connectivity index (χ4n) is 4.50. The number of likely N-dealkylation sites (tertiary alicyclic amines) is 1. The van der Waals surface area contributed by atoms with Gasteiger partial charge in [-0.15, -0.1) is 0 Å². The van der Waals surface area contributed by atoms with Crippen LogP contribution in [0.25, 0.3) is 11.1 Å². The van der Waals surface area contributed by atoms with Gasteiger partial charge in [0.05, 0.1) is 33.4 Å². The smallest absolute Gasteiger partial charge is 0.227 e. The van der Waals surface area contributed by atoms with Gasteiger partial charge >= 0.3 is 0 Å². The second kappa shape index (κ2) is 10.7. The van der Waals surface area contributed by atoms with E-state index in [1.54, 1.807) is 33.9 Å². The van der Waals surface area contributed by atoms with Crippen molar-refractivity contribution in [1.29, 1.82) is 0 Å². The topological polar surface area (TPSA) is 73.8 Å². The van der Waals surface area contributed by atoms with Crippen molar-refractivity contribution in [2.24, 2.45) is 0 Å². The molecule has 3 aromatic rings. The minimum Gasteiger partial charge on any atom is -0.493 e. The molecular formula is C26H28ClN3O4. The van der Waals surface area contributed by atoms with Gasteiger partial charge in [-0.05, 0) is 36.6 Å². The number of benzene rings is 2. The summed E-state index contributed by atoms with van der Waals surface area (Å²) in [5.41, 5.74) is 3.55. The molecule has 0 bridgehead atoms. The molecule has 0 spiro atoms. The lowest BCUT2D eigenvalue weighted by atomic mass is 9.89. The lowest BCUT2D eigenvalue weighted by molar-refractivity contribution is -0.131. The maximum absolute atomic E-state index is 13.3. The highest BCUT2D eigenvalue weighted by Crippen LogP contribution is 2.39. The predicted molar refractivity (Wildman–Crippen MR) is 131 cm³/mol. The number of nitrogens with zero attached hydrogens (tertiary/aromatic N) is 3. The van der Waals surface area contributed by atoms with Crippen molar-refractivity contribution in [3.63, 3.8) is 0 Å². The minimum absolute atomic E-state index is 0.0484. The Balaban J connectivity index is 1.55. The summed E-state index contributed by atoms with van der Waals surface area (Å²) < 4.78 is 16.2. The Morgan fingerprint density at radius 2 is 1.82 bits per heavy atom. The van der Waals surface area contributed by atoms with Crippen LogP contribution in [-0.4, -0.2) is 55.2 Å². The first kappa shape index (κ1) is 23.8. The molecule has 34 heavy (non-hydrogen) atoms. The molecule has 1 amide bonds. The van der Waals surface area contributed by atoms with Gasteiger partial charge in [-0.2, -0.15) is 0 Å². The number of rotatable bonds is 7. The molecule has 1 unspecified atom stereocenters. The lowest BCUT2D eigenvalue weighted by Crippen LogP contribution is -2.40. The summed E-state index contributed by atoms with van der Waals surface area (Å²) in [6.45, 7) is 1.31. The molecule has 1 fully saturated rings. The third-order valence-corrected chi connectivity index (χ3v) is 6.48. The Bertz CT molecular complexity index is 1150. The van der Waals surface area contributed by atoms with Crippen molar-refractivity contribution in [2.45, 2.75) is 25.2 Å². The molecule has 2 aromatic carbocycles. The Morgan fingerprint density at radius 3 is 2.50 bits per heavy atom. The molecule has 0 radical (unpaired) electrons. The number of piperidine rings is 1. The van der Waals surface area contributed by atoms with Crippen molar-refractivity contribution in [3.8, 4) is 28.4 Å². The van der Waals surface area contributed by atoms with Gasteiger partial charge in [-0.1, -0.05) is 29.8 Å². The van der Waals surface area contributed by atoms with Crippen LogP contribution >= 0.6 is 11.6 Å². The Morgan fingerprint density at radius 1 is 1.09 bits per heavy atom. The van der Waals surface area contributed by atoms with Crippen LogP contribution in [0.1, 0.15) is 30.0 Å². The average molecular weight is 482 g/mol. The summed E-state index contributed by atoms with van der Waals surface area (Å²) in [7, 11) is 4.69. The molecule has 4 rings (SSSR count). The van der Waals surface area contributed by atoms with E-state index in [0.717, 1.165) is 35.2 Å². The van der Waals surface area contributed by atoms with Crippen LogP contribution in [-0.2, 0) is 11.2 Å². The van der Waals surface area contributed by atoms with E-state index in [4.69, 9.17) is 25.8 Å². The molecule has 1 saturated heterocycles. The van der Waals surface area contributed by atoms with Gasteiger partial charge in [0.1, 0.15) is 6.33 Å². The molecule has 1 atom stereocenters. The molecule has 0 aliphatic carbocycles. The summed E-state index contributed by atoms with van der Waals surface area (Å²) in [6, 6.07) is 11.3. The van der Waals surface area contributed by atoms with Crippen LogP contribution in [0.3, 0.4) is 0 Å². The first-order chi connectivity index (χ1) is 16.5. The molecule has 0 saturated carbocycles. The fraction of sp³-hybridized carbons (Fsp3) is 0.346. The first-order valence-electron chi connectivity index (χ1n) is 11.2. The van der Waals surface area contributed by atoms with Gasteiger partial charge in [-0.3, -0.25) is 4.79 Å². The Hall–Kier alpha value is -3.32. The molecule has 1 aliphatic heterocycles. The van der Waals surface area contributed by atoms with Crippen molar-refractivity contribution in [1.82, 2.24) is 14.9 Å². The van der Waals surface area contributed by atoms with Gasteiger partial charge < -0.3 is 19.1 Å². The molecule has 1 aromatic heterocycles. The normalized spacial score (nSPS) is 15.6. The SMILES string of the molecule is COc1cc(CC(=O)N2CCCC(c3ncncc3-c3ccccc3Cl)C2)cc(OC)c1OC.